The molecule has 2 rings (SSSR count). The predicted octanol–water partition coefficient (Wildman–Crippen LogP) is 2.35. The highest BCUT2D eigenvalue weighted by Gasteiger charge is 2.23. The van der Waals surface area contributed by atoms with E-state index in [1.54, 1.807) is 12.3 Å². The van der Waals surface area contributed by atoms with Crippen molar-refractivity contribution in [2.75, 3.05) is 13.6 Å². The molecule has 0 radical (unpaired) electrons. The Bertz CT molecular complexity index is 396. The second kappa shape index (κ2) is 5.76. The third kappa shape index (κ3) is 3.27. The van der Waals surface area contributed by atoms with Crippen molar-refractivity contribution in [3.8, 4) is 0 Å². The molecule has 0 saturated carbocycles. The second-order valence-electron chi connectivity index (χ2n) is 5.38. The van der Waals surface area contributed by atoms with Gasteiger partial charge < -0.3 is 10.2 Å². The number of likely N-dealkylation sites (tertiary alicyclic amines) is 1. The minimum Gasteiger partial charge on any atom is -0.307 e. The standard InChI is InChI=1S/C14H22FN3/c1-10-6-14(4-5-18(10)3)17-11(2)12-7-13(15)9-16-8-12/h7-11,14,17H,4-6H2,1-3H3. The van der Waals surface area contributed by atoms with Crippen LogP contribution in [-0.4, -0.2) is 35.6 Å². The highest BCUT2D eigenvalue weighted by Crippen LogP contribution is 2.19. The van der Waals surface area contributed by atoms with Gasteiger partial charge in [0.1, 0.15) is 5.82 Å². The molecule has 0 aliphatic carbocycles. The van der Waals surface area contributed by atoms with Crippen LogP contribution in [0.4, 0.5) is 4.39 Å². The molecule has 100 valence electrons. The Morgan fingerprint density at radius 2 is 2.28 bits per heavy atom. The molecule has 4 heteroatoms. The lowest BCUT2D eigenvalue weighted by Crippen LogP contribution is -2.46. The normalized spacial score (nSPS) is 27.1. The minimum atomic E-state index is -0.266. The van der Waals surface area contributed by atoms with Gasteiger partial charge in [-0.3, -0.25) is 4.98 Å². The van der Waals surface area contributed by atoms with Crippen molar-refractivity contribution in [3.05, 3.63) is 29.8 Å². The molecule has 0 aromatic carbocycles. The number of piperidine rings is 1. The highest BCUT2D eigenvalue weighted by atomic mass is 19.1. The molecular weight excluding hydrogens is 229 g/mol. The maximum absolute atomic E-state index is 13.1. The average Bonchev–Trinajstić information content (AvgIpc) is 2.34. The van der Waals surface area contributed by atoms with Gasteiger partial charge in [-0.25, -0.2) is 4.39 Å². The fraction of sp³-hybridized carbons (Fsp3) is 0.643. The van der Waals surface area contributed by atoms with Crippen LogP contribution in [0.1, 0.15) is 38.3 Å². The van der Waals surface area contributed by atoms with Gasteiger partial charge in [0, 0.05) is 24.3 Å². The molecule has 0 spiro atoms. The summed E-state index contributed by atoms with van der Waals surface area (Å²) in [6.07, 6.45) is 5.27. The Labute approximate surface area is 108 Å². The summed E-state index contributed by atoms with van der Waals surface area (Å²) in [5.41, 5.74) is 0.918. The summed E-state index contributed by atoms with van der Waals surface area (Å²) in [5.74, 6) is -0.266. The number of pyridine rings is 1. The second-order valence-corrected chi connectivity index (χ2v) is 5.38. The lowest BCUT2D eigenvalue weighted by molar-refractivity contribution is 0.163. The van der Waals surface area contributed by atoms with Crippen molar-refractivity contribution in [2.45, 2.75) is 44.8 Å². The maximum atomic E-state index is 13.1. The van der Waals surface area contributed by atoms with Gasteiger partial charge in [0.2, 0.25) is 0 Å². The molecule has 18 heavy (non-hydrogen) atoms. The van der Waals surface area contributed by atoms with Crippen LogP contribution in [0.15, 0.2) is 18.5 Å². The average molecular weight is 251 g/mol. The third-order valence-electron chi connectivity index (χ3n) is 3.92. The van der Waals surface area contributed by atoms with E-state index in [-0.39, 0.29) is 11.9 Å². The molecule has 1 saturated heterocycles. The predicted molar refractivity (Wildman–Crippen MR) is 70.9 cm³/mol. The first kappa shape index (κ1) is 13.4. The largest absolute Gasteiger partial charge is 0.307 e. The zero-order chi connectivity index (χ0) is 13.1. The summed E-state index contributed by atoms with van der Waals surface area (Å²) in [7, 11) is 2.17. The fourth-order valence-corrected chi connectivity index (χ4v) is 2.56. The van der Waals surface area contributed by atoms with Crippen LogP contribution in [0.2, 0.25) is 0 Å². The van der Waals surface area contributed by atoms with Crippen LogP contribution < -0.4 is 5.32 Å². The van der Waals surface area contributed by atoms with Crippen LogP contribution in [-0.2, 0) is 0 Å². The summed E-state index contributed by atoms with van der Waals surface area (Å²) in [4.78, 5) is 6.28. The van der Waals surface area contributed by atoms with E-state index in [9.17, 15) is 4.39 Å². The van der Waals surface area contributed by atoms with E-state index in [2.05, 4.69) is 36.1 Å². The number of aromatic nitrogens is 1. The number of hydrogen-bond acceptors (Lipinski definition) is 3. The molecule has 2 heterocycles. The first-order valence-electron chi connectivity index (χ1n) is 6.63. The zero-order valence-electron chi connectivity index (χ0n) is 11.4. The summed E-state index contributed by atoms with van der Waals surface area (Å²) in [5, 5.41) is 3.58. The van der Waals surface area contributed by atoms with Crippen molar-refractivity contribution in [3.63, 3.8) is 0 Å². The Hall–Kier alpha value is -1.00. The van der Waals surface area contributed by atoms with E-state index in [4.69, 9.17) is 0 Å². The smallest absolute Gasteiger partial charge is 0.141 e. The lowest BCUT2D eigenvalue weighted by Gasteiger charge is -2.36. The molecule has 3 nitrogen and oxygen atoms in total. The van der Waals surface area contributed by atoms with E-state index >= 15 is 0 Å². The van der Waals surface area contributed by atoms with E-state index in [0.29, 0.717) is 12.1 Å². The molecule has 1 aliphatic heterocycles. The van der Waals surface area contributed by atoms with E-state index in [1.807, 2.05) is 0 Å². The summed E-state index contributed by atoms with van der Waals surface area (Å²) >= 11 is 0. The van der Waals surface area contributed by atoms with E-state index in [0.717, 1.165) is 24.9 Å². The van der Waals surface area contributed by atoms with Gasteiger partial charge in [-0.1, -0.05) is 0 Å². The van der Waals surface area contributed by atoms with Gasteiger partial charge in [0.15, 0.2) is 0 Å². The molecule has 0 bridgehead atoms. The SMILES string of the molecule is CC(NC1CCN(C)C(C)C1)c1cncc(F)c1. The molecule has 1 aromatic rings. The Kier molecular flexibility index (Phi) is 4.30. The van der Waals surface area contributed by atoms with Crippen molar-refractivity contribution >= 4 is 0 Å². The van der Waals surface area contributed by atoms with Gasteiger partial charge in [0.25, 0.3) is 0 Å². The topological polar surface area (TPSA) is 28.2 Å². The van der Waals surface area contributed by atoms with Gasteiger partial charge in [-0.15, -0.1) is 0 Å². The van der Waals surface area contributed by atoms with Gasteiger partial charge >= 0.3 is 0 Å². The summed E-state index contributed by atoms with van der Waals surface area (Å²) in [6.45, 7) is 5.44. The fourth-order valence-electron chi connectivity index (χ4n) is 2.56. The Morgan fingerprint density at radius 3 is 2.94 bits per heavy atom. The molecule has 1 fully saturated rings. The molecule has 3 atom stereocenters. The van der Waals surface area contributed by atoms with Crippen molar-refractivity contribution < 1.29 is 4.39 Å². The van der Waals surface area contributed by atoms with Gasteiger partial charge in [0.05, 0.1) is 6.20 Å². The molecule has 3 unspecified atom stereocenters. The monoisotopic (exact) mass is 251 g/mol. The first-order chi connectivity index (χ1) is 8.56. The van der Waals surface area contributed by atoms with Crippen LogP contribution in [0.25, 0.3) is 0 Å². The van der Waals surface area contributed by atoms with E-state index < -0.39 is 0 Å². The van der Waals surface area contributed by atoms with Crippen LogP contribution in [0.3, 0.4) is 0 Å². The summed E-state index contributed by atoms with van der Waals surface area (Å²) < 4.78 is 13.1. The van der Waals surface area contributed by atoms with Crippen molar-refractivity contribution in [1.29, 1.82) is 0 Å². The third-order valence-corrected chi connectivity index (χ3v) is 3.92. The van der Waals surface area contributed by atoms with Crippen LogP contribution in [0.5, 0.6) is 0 Å². The number of rotatable bonds is 3. The Morgan fingerprint density at radius 1 is 1.50 bits per heavy atom. The van der Waals surface area contributed by atoms with Crippen LogP contribution >= 0.6 is 0 Å². The lowest BCUT2D eigenvalue weighted by atomic mass is 9.97. The number of nitrogens with one attached hydrogen (secondary N) is 1. The van der Waals surface area contributed by atoms with Gasteiger partial charge in [-0.05, 0) is 51.9 Å². The molecule has 1 aromatic heterocycles. The molecule has 1 N–H and O–H groups in total. The highest BCUT2D eigenvalue weighted by molar-refractivity contribution is 5.14. The van der Waals surface area contributed by atoms with Gasteiger partial charge in [-0.2, -0.15) is 0 Å². The van der Waals surface area contributed by atoms with Crippen molar-refractivity contribution in [1.82, 2.24) is 15.2 Å². The zero-order valence-corrected chi connectivity index (χ0v) is 11.4. The molecule has 0 amide bonds. The van der Waals surface area contributed by atoms with E-state index in [1.165, 1.54) is 6.20 Å². The maximum Gasteiger partial charge on any atom is 0.141 e. The first-order valence-corrected chi connectivity index (χ1v) is 6.63. The number of hydrogen-bond donors (Lipinski definition) is 1. The summed E-state index contributed by atoms with van der Waals surface area (Å²) in [6, 6.07) is 2.82. The quantitative estimate of drug-likeness (QED) is 0.894. The molecule has 1 aliphatic rings. The Balaban J connectivity index is 1.93. The van der Waals surface area contributed by atoms with Crippen molar-refractivity contribution in [2.24, 2.45) is 0 Å². The minimum absolute atomic E-state index is 0.147. The molecular formula is C14H22FN3. The van der Waals surface area contributed by atoms with Crippen LogP contribution in [0, 0.1) is 5.82 Å². The number of nitrogens with zero attached hydrogens (tertiary/aromatic N) is 2. The number of halogens is 1.